The van der Waals surface area contributed by atoms with Crippen LogP contribution in [-0.2, 0) is 4.79 Å². The van der Waals surface area contributed by atoms with Crippen LogP contribution in [0.2, 0.25) is 5.02 Å². The van der Waals surface area contributed by atoms with E-state index in [2.05, 4.69) is 33.5 Å². The summed E-state index contributed by atoms with van der Waals surface area (Å²) in [4.78, 5) is 11.7. The summed E-state index contributed by atoms with van der Waals surface area (Å²) in [5.74, 6) is -0.0213. The lowest BCUT2D eigenvalue weighted by Gasteiger charge is -2.14. The number of hydrogen-bond acceptors (Lipinski definition) is 2. The van der Waals surface area contributed by atoms with Crippen molar-refractivity contribution in [1.82, 2.24) is 5.32 Å². The molecule has 1 amide bonds. The molecule has 0 spiro atoms. The van der Waals surface area contributed by atoms with Gasteiger partial charge in [0.2, 0.25) is 5.91 Å². The van der Waals surface area contributed by atoms with Crippen molar-refractivity contribution in [1.29, 1.82) is 0 Å². The summed E-state index contributed by atoms with van der Waals surface area (Å²) in [6, 6.07) is 5.70. The Labute approximate surface area is 121 Å². The van der Waals surface area contributed by atoms with Gasteiger partial charge in [-0.25, -0.2) is 0 Å². The van der Waals surface area contributed by atoms with Crippen molar-refractivity contribution in [2.45, 2.75) is 32.7 Å². The first-order chi connectivity index (χ1) is 8.52. The van der Waals surface area contributed by atoms with Crippen LogP contribution < -0.4 is 10.6 Å². The fourth-order valence-electron chi connectivity index (χ4n) is 1.64. The van der Waals surface area contributed by atoms with Gasteiger partial charge in [0.1, 0.15) is 0 Å². The first-order valence-electron chi connectivity index (χ1n) is 6.01. The second kappa shape index (κ2) is 7.64. The van der Waals surface area contributed by atoms with E-state index >= 15 is 0 Å². The minimum atomic E-state index is -0.0213. The molecule has 1 atom stereocenters. The summed E-state index contributed by atoms with van der Waals surface area (Å²) in [5, 5.41) is 6.56. The van der Waals surface area contributed by atoms with Crippen molar-refractivity contribution in [2.75, 3.05) is 11.9 Å². The van der Waals surface area contributed by atoms with Gasteiger partial charge in [-0.2, -0.15) is 0 Å². The Morgan fingerprint density at radius 1 is 1.50 bits per heavy atom. The summed E-state index contributed by atoms with van der Waals surface area (Å²) < 4.78 is 0.925. The maximum Gasteiger partial charge on any atom is 0.239 e. The van der Waals surface area contributed by atoms with Gasteiger partial charge >= 0.3 is 0 Å². The second-order valence-electron chi connectivity index (χ2n) is 4.23. The van der Waals surface area contributed by atoms with E-state index in [1.807, 2.05) is 19.1 Å². The average molecular weight is 334 g/mol. The lowest BCUT2D eigenvalue weighted by Crippen LogP contribution is -2.36. The molecule has 0 aliphatic carbocycles. The van der Waals surface area contributed by atoms with E-state index in [0.717, 1.165) is 23.0 Å². The fourth-order valence-corrected chi connectivity index (χ4v) is 2.18. The minimum Gasteiger partial charge on any atom is -0.375 e. The molecule has 0 heterocycles. The van der Waals surface area contributed by atoms with Gasteiger partial charge in [0.15, 0.2) is 0 Å². The summed E-state index contributed by atoms with van der Waals surface area (Å²) in [7, 11) is 0. The summed E-state index contributed by atoms with van der Waals surface area (Å²) >= 11 is 9.39. The molecule has 0 bridgehead atoms. The smallest absolute Gasteiger partial charge is 0.239 e. The number of amides is 1. The quantitative estimate of drug-likeness (QED) is 0.831. The molecule has 5 heteroatoms. The Balaban J connectivity index is 2.45. The first-order valence-corrected chi connectivity index (χ1v) is 7.18. The van der Waals surface area contributed by atoms with Gasteiger partial charge in [0, 0.05) is 10.5 Å². The van der Waals surface area contributed by atoms with Crippen molar-refractivity contribution in [3.8, 4) is 0 Å². The molecular formula is C13H18BrClN2O. The highest BCUT2D eigenvalue weighted by Crippen LogP contribution is 2.25. The molecule has 1 rings (SSSR count). The van der Waals surface area contributed by atoms with E-state index in [9.17, 15) is 4.79 Å². The van der Waals surface area contributed by atoms with Crippen molar-refractivity contribution in [3.63, 3.8) is 0 Å². The number of anilines is 1. The standard InChI is InChI=1S/C13H18BrClN2O/c1-3-4-9(2)17-13(18)8-16-12-7-10(14)5-6-11(12)15/h5-7,9,16H,3-4,8H2,1-2H3,(H,17,18). The second-order valence-corrected chi connectivity index (χ2v) is 5.56. The highest BCUT2D eigenvalue weighted by molar-refractivity contribution is 9.10. The molecule has 0 saturated carbocycles. The molecule has 3 nitrogen and oxygen atoms in total. The van der Waals surface area contributed by atoms with Crippen molar-refractivity contribution in [2.24, 2.45) is 0 Å². The predicted octanol–water partition coefficient (Wildman–Crippen LogP) is 3.82. The molecular weight excluding hydrogens is 316 g/mol. The van der Waals surface area contributed by atoms with Gasteiger partial charge in [-0.1, -0.05) is 40.9 Å². The Morgan fingerprint density at radius 3 is 2.89 bits per heavy atom. The molecule has 1 aromatic rings. The Hall–Kier alpha value is -0.740. The van der Waals surface area contributed by atoms with Gasteiger partial charge in [-0.3, -0.25) is 4.79 Å². The third kappa shape index (κ3) is 5.27. The molecule has 0 fully saturated rings. The van der Waals surface area contributed by atoms with Crippen LogP contribution >= 0.6 is 27.5 Å². The Kier molecular flexibility index (Phi) is 6.50. The molecule has 100 valence electrons. The van der Waals surface area contributed by atoms with E-state index in [4.69, 9.17) is 11.6 Å². The zero-order chi connectivity index (χ0) is 13.5. The predicted molar refractivity (Wildman–Crippen MR) is 80.2 cm³/mol. The van der Waals surface area contributed by atoms with E-state index in [1.54, 1.807) is 6.07 Å². The third-order valence-corrected chi connectivity index (χ3v) is 3.32. The molecule has 0 radical (unpaired) electrons. The lowest BCUT2D eigenvalue weighted by molar-refractivity contribution is -0.120. The van der Waals surface area contributed by atoms with Crippen LogP contribution in [0.1, 0.15) is 26.7 Å². The number of carbonyl (C=O) groups is 1. The van der Waals surface area contributed by atoms with Crippen molar-refractivity contribution in [3.05, 3.63) is 27.7 Å². The number of nitrogens with one attached hydrogen (secondary N) is 2. The van der Waals surface area contributed by atoms with Crippen molar-refractivity contribution >= 4 is 39.1 Å². The zero-order valence-corrected chi connectivity index (χ0v) is 12.9. The normalized spacial score (nSPS) is 12.0. The zero-order valence-electron chi connectivity index (χ0n) is 10.6. The van der Waals surface area contributed by atoms with Gasteiger partial charge < -0.3 is 10.6 Å². The molecule has 0 saturated heterocycles. The minimum absolute atomic E-state index is 0.0213. The van der Waals surface area contributed by atoms with Crippen LogP contribution in [0.4, 0.5) is 5.69 Å². The molecule has 2 N–H and O–H groups in total. The highest BCUT2D eigenvalue weighted by atomic mass is 79.9. The van der Waals surface area contributed by atoms with Gasteiger partial charge in [0.25, 0.3) is 0 Å². The number of benzene rings is 1. The van der Waals surface area contributed by atoms with E-state index in [-0.39, 0.29) is 18.5 Å². The largest absolute Gasteiger partial charge is 0.375 e. The molecule has 0 aliphatic heterocycles. The maximum atomic E-state index is 11.7. The van der Waals surface area contributed by atoms with Crippen molar-refractivity contribution < 1.29 is 4.79 Å². The van der Waals surface area contributed by atoms with Crippen LogP contribution in [-0.4, -0.2) is 18.5 Å². The maximum absolute atomic E-state index is 11.7. The summed E-state index contributed by atoms with van der Waals surface area (Å²) in [6.45, 7) is 4.33. The van der Waals surface area contributed by atoms with E-state index in [1.165, 1.54) is 0 Å². The molecule has 1 unspecified atom stereocenters. The average Bonchev–Trinajstić information content (AvgIpc) is 2.30. The molecule has 0 aliphatic rings. The van der Waals surface area contributed by atoms with Gasteiger partial charge in [-0.05, 0) is 31.5 Å². The van der Waals surface area contributed by atoms with Crippen LogP contribution in [0.25, 0.3) is 0 Å². The molecule has 0 aromatic heterocycles. The van der Waals surface area contributed by atoms with Crippen LogP contribution in [0.3, 0.4) is 0 Å². The Morgan fingerprint density at radius 2 is 2.22 bits per heavy atom. The SMILES string of the molecule is CCCC(C)NC(=O)CNc1cc(Br)ccc1Cl. The monoisotopic (exact) mass is 332 g/mol. The van der Waals surface area contributed by atoms with E-state index < -0.39 is 0 Å². The van der Waals surface area contributed by atoms with E-state index in [0.29, 0.717) is 5.02 Å². The summed E-state index contributed by atoms with van der Waals surface area (Å²) in [5.41, 5.74) is 0.754. The summed E-state index contributed by atoms with van der Waals surface area (Å²) in [6.07, 6.45) is 2.05. The lowest BCUT2D eigenvalue weighted by atomic mass is 10.2. The van der Waals surface area contributed by atoms with Crippen LogP contribution in [0, 0.1) is 0 Å². The first kappa shape index (κ1) is 15.3. The third-order valence-electron chi connectivity index (χ3n) is 2.50. The van der Waals surface area contributed by atoms with Crippen LogP contribution in [0.15, 0.2) is 22.7 Å². The Bertz CT molecular complexity index is 412. The fraction of sp³-hybridized carbons (Fsp3) is 0.462. The molecule has 18 heavy (non-hydrogen) atoms. The number of carbonyl (C=O) groups excluding carboxylic acids is 1. The van der Waals surface area contributed by atoms with Crippen LogP contribution in [0.5, 0.6) is 0 Å². The number of rotatable bonds is 6. The number of halogens is 2. The highest BCUT2D eigenvalue weighted by Gasteiger charge is 2.07. The number of hydrogen-bond donors (Lipinski definition) is 2. The molecule has 1 aromatic carbocycles. The van der Waals surface area contributed by atoms with Gasteiger partial charge in [-0.15, -0.1) is 0 Å². The topological polar surface area (TPSA) is 41.1 Å². The van der Waals surface area contributed by atoms with Gasteiger partial charge in [0.05, 0.1) is 17.3 Å².